The molecule has 0 radical (unpaired) electrons. The first-order valence-electron chi connectivity index (χ1n) is 5.29. The smallest absolute Gasteiger partial charge is 0.137 e. The minimum absolute atomic E-state index is 0.241. The van der Waals surface area contributed by atoms with Gasteiger partial charge in [-0.15, -0.1) is 0 Å². The Morgan fingerprint density at radius 3 is 2.76 bits per heavy atom. The summed E-state index contributed by atoms with van der Waals surface area (Å²) in [4.78, 5) is 4.04. The Hall–Kier alpha value is -1.42. The summed E-state index contributed by atoms with van der Waals surface area (Å²) in [6, 6.07) is 6.83. The first-order chi connectivity index (χ1) is 8.16. The summed E-state index contributed by atoms with van der Waals surface area (Å²) >= 11 is 3.17. The van der Waals surface area contributed by atoms with Gasteiger partial charge in [-0.2, -0.15) is 0 Å². The summed E-state index contributed by atoms with van der Waals surface area (Å²) in [5.74, 6) is -0.241. The van der Waals surface area contributed by atoms with Crippen molar-refractivity contribution < 1.29 is 4.39 Å². The second-order valence-electron chi connectivity index (χ2n) is 3.82. The normalized spacial score (nSPS) is 10.5. The summed E-state index contributed by atoms with van der Waals surface area (Å²) in [6.45, 7) is 0. The standard InChI is InChI=1S/C13H12BrFN2/c14-11-7-9(2-4-12(11)15)1-3-10-8-17-6-5-13(10)16/h2,4-8H,1,3H2,(H2,16,17). The monoisotopic (exact) mass is 294 g/mol. The van der Waals surface area contributed by atoms with Crippen LogP contribution in [0.1, 0.15) is 11.1 Å². The maximum Gasteiger partial charge on any atom is 0.137 e. The van der Waals surface area contributed by atoms with Gasteiger partial charge in [0, 0.05) is 18.1 Å². The molecular weight excluding hydrogens is 283 g/mol. The summed E-state index contributed by atoms with van der Waals surface area (Å²) in [5.41, 5.74) is 8.67. The van der Waals surface area contributed by atoms with Crippen molar-refractivity contribution in [1.82, 2.24) is 4.98 Å². The van der Waals surface area contributed by atoms with Crippen molar-refractivity contribution in [2.45, 2.75) is 12.8 Å². The lowest BCUT2D eigenvalue weighted by molar-refractivity contribution is 0.620. The van der Waals surface area contributed by atoms with Crippen LogP contribution >= 0.6 is 15.9 Å². The van der Waals surface area contributed by atoms with Gasteiger partial charge in [0.15, 0.2) is 0 Å². The third kappa shape index (κ3) is 3.03. The van der Waals surface area contributed by atoms with Crippen LogP contribution in [-0.4, -0.2) is 4.98 Å². The van der Waals surface area contributed by atoms with E-state index in [-0.39, 0.29) is 5.82 Å². The lowest BCUT2D eigenvalue weighted by atomic mass is 10.0. The molecule has 2 nitrogen and oxygen atoms in total. The molecule has 0 spiro atoms. The van der Waals surface area contributed by atoms with Gasteiger partial charge in [0.05, 0.1) is 4.47 Å². The number of aryl methyl sites for hydroxylation is 2. The van der Waals surface area contributed by atoms with E-state index in [0.29, 0.717) is 4.47 Å². The lowest BCUT2D eigenvalue weighted by Crippen LogP contribution is -1.98. The van der Waals surface area contributed by atoms with Gasteiger partial charge in [-0.25, -0.2) is 4.39 Å². The largest absolute Gasteiger partial charge is 0.398 e. The number of halogens is 2. The Labute approximate surface area is 108 Å². The minimum Gasteiger partial charge on any atom is -0.398 e. The Balaban J connectivity index is 2.08. The average molecular weight is 295 g/mol. The maximum atomic E-state index is 13.0. The Kier molecular flexibility index (Phi) is 3.74. The summed E-state index contributed by atoms with van der Waals surface area (Å²) < 4.78 is 13.5. The van der Waals surface area contributed by atoms with Crippen molar-refractivity contribution in [1.29, 1.82) is 0 Å². The van der Waals surface area contributed by atoms with E-state index < -0.39 is 0 Å². The van der Waals surface area contributed by atoms with Gasteiger partial charge in [0.2, 0.25) is 0 Å². The number of aromatic nitrogens is 1. The highest BCUT2D eigenvalue weighted by Crippen LogP contribution is 2.19. The average Bonchev–Trinajstić information content (AvgIpc) is 2.32. The Morgan fingerprint density at radius 1 is 1.24 bits per heavy atom. The maximum absolute atomic E-state index is 13.0. The van der Waals surface area contributed by atoms with Crippen molar-refractivity contribution >= 4 is 21.6 Å². The molecule has 0 saturated carbocycles. The number of nitrogens with two attached hydrogens (primary N) is 1. The van der Waals surface area contributed by atoms with E-state index in [4.69, 9.17) is 5.73 Å². The van der Waals surface area contributed by atoms with Crippen molar-refractivity contribution in [3.05, 3.63) is 58.1 Å². The second-order valence-corrected chi connectivity index (χ2v) is 4.68. The van der Waals surface area contributed by atoms with Crippen LogP contribution in [0.3, 0.4) is 0 Å². The molecule has 0 aliphatic carbocycles. The topological polar surface area (TPSA) is 38.9 Å². The van der Waals surface area contributed by atoms with Crippen molar-refractivity contribution in [2.24, 2.45) is 0 Å². The molecule has 17 heavy (non-hydrogen) atoms. The van der Waals surface area contributed by atoms with Crippen LogP contribution in [0.25, 0.3) is 0 Å². The zero-order valence-corrected chi connectivity index (χ0v) is 10.7. The predicted molar refractivity (Wildman–Crippen MR) is 70.2 cm³/mol. The van der Waals surface area contributed by atoms with Gasteiger partial charge in [0.25, 0.3) is 0 Å². The first kappa shape index (κ1) is 12.0. The third-order valence-electron chi connectivity index (χ3n) is 2.61. The van der Waals surface area contributed by atoms with Crippen LogP contribution in [-0.2, 0) is 12.8 Å². The van der Waals surface area contributed by atoms with Crippen molar-refractivity contribution in [2.75, 3.05) is 5.73 Å². The first-order valence-corrected chi connectivity index (χ1v) is 6.08. The van der Waals surface area contributed by atoms with Crippen LogP contribution in [0.5, 0.6) is 0 Å². The lowest BCUT2D eigenvalue weighted by Gasteiger charge is -2.05. The van der Waals surface area contributed by atoms with Gasteiger partial charge in [-0.05, 0) is 58.1 Å². The van der Waals surface area contributed by atoms with Crippen LogP contribution in [0, 0.1) is 5.82 Å². The number of anilines is 1. The molecule has 0 aliphatic rings. The fourth-order valence-corrected chi connectivity index (χ4v) is 2.05. The van der Waals surface area contributed by atoms with Gasteiger partial charge in [-0.3, -0.25) is 4.98 Å². The molecule has 1 aromatic heterocycles. The highest BCUT2D eigenvalue weighted by Gasteiger charge is 2.03. The van der Waals surface area contributed by atoms with Gasteiger partial charge < -0.3 is 5.73 Å². The highest BCUT2D eigenvalue weighted by molar-refractivity contribution is 9.10. The fraction of sp³-hybridized carbons (Fsp3) is 0.154. The molecule has 4 heteroatoms. The number of hydrogen-bond donors (Lipinski definition) is 1. The van der Waals surface area contributed by atoms with Crippen molar-refractivity contribution in [3.63, 3.8) is 0 Å². The highest BCUT2D eigenvalue weighted by atomic mass is 79.9. The molecule has 0 unspecified atom stereocenters. The summed E-state index contributed by atoms with van der Waals surface area (Å²) in [7, 11) is 0. The Morgan fingerprint density at radius 2 is 2.06 bits per heavy atom. The quantitative estimate of drug-likeness (QED) is 0.943. The Bertz CT molecular complexity index is 529. The molecule has 0 bridgehead atoms. The fourth-order valence-electron chi connectivity index (χ4n) is 1.62. The van der Waals surface area contributed by atoms with Crippen LogP contribution in [0.2, 0.25) is 0 Å². The van der Waals surface area contributed by atoms with E-state index in [9.17, 15) is 4.39 Å². The second kappa shape index (κ2) is 5.27. The molecule has 0 atom stereocenters. The number of pyridine rings is 1. The number of hydrogen-bond acceptors (Lipinski definition) is 2. The van der Waals surface area contributed by atoms with E-state index in [0.717, 1.165) is 29.7 Å². The van der Waals surface area contributed by atoms with E-state index in [1.807, 2.05) is 0 Å². The molecule has 1 aromatic carbocycles. The van der Waals surface area contributed by atoms with Gasteiger partial charge >= 0.3 is 0 Å². The van der Waals surface area contributed by atoms with E-state index in [1.165, 1.54) is 6.07 Å². The predicted octanol–water partition coefficient (Wildman–Crippen LogP) is 3.35. The minimum atomic E-state index is -0.241. The van der Waals surface area contributed by atoms with Crippen LogP contribution in [0.15, 0.2) is 41.1 Å². The molecule has 88 valence electrons. The molecule has 0 fully saturated rings. The molecule has 0 aliphatic heterocycles. The van der Waals surface area contributed by atoms with E-state index in [1.54, 1.807) is 30.6 Å². The molecular formula is C13H12BrFN2. The van der Waals surface area contributed by atoms with Crippen LogP contribution in [0.4, 0.5) is 10.1 Å². The van der Waals surface area contributed by atoms with Gasteiger partial charge in [0.1, 0.15) is 5.82 Å². The molecule has 1 heterocycles. The summed E-state index contributed by atoms with van der Waals surface area (Å²) in [6.07, 6.45) is 5.06. The zero-order chi connectivity index (χ0) is 12.3. The SMILES string of the molecule is Nc1ccncc1CCc1ccc(F)c(Br)c1. The van der Waals surface area contributed by atoms with Crippen molar-refractivity contribution in [3.8, 4) is 0 Å². The molecule has 2 aromatic rings. The molecule has 2 N–H and O–H groups in total. The number of benzene rings is 1. The molecule has 2 rings (SSSR count). The third-order valence-corrected chi connectivity index (χ3v) is 3.22. The number of nitrogen functional groups attached to an aromatic ring is 1. The van der Waals surface area contributed by atoms with Gasteiger partial charge in [-0.1, -0.05) is 6.07 Å². The number of rotatable bonds is 3. The van der Waals surface area contributed by atoms with Crippen LogP contribution < -0.4 is 5.73 Å². The van der Waals surface area contributed by atoms with E-state index >= 15 is 0 Å². The summed E-state index contributed by atoms with van der Waals surface area (Å²) in [5, 5.41) is 0. The van der Waals surface area contributed by atoms with E-state index in [2.05, 4.69) is 20.9 Å². The molecule has 0 saturated heterocycles. The number of nitrogens with zero attached hydrogens (tertiary/aromatic N) is 1. The zero-order valence-electron chi connectivity index (χ0n) is 9.16. The molecule has 0 amide bonds.